The molecule has 0 aliphatic carbocycles. The summed E-state index contributed by atoms with van der Waals surface area (Å²) in [6, 6.07) is 2.43. The van der Waals surface area contributed by atoms with Crippen molar-refractivity contribution in [3.05, 3.63) is 24.2 Å². The van der Waals surface area contributed by atoms with Crippen LogP contribution in [0.25, 0.3) is 22.4 Å². The number of nitrogen functional groups attached to an aromatic ring is 1. The van der Waals surface area contributed by atoms with Crippen molar-refractivity contribution >= 4 is 22.9 Å². The van der Waals surface area contributed by atoms with E-state index in [4.69, 9.17) is 25.4 Å². The van der Waals surface area contributed by atoms with E-state index in [-0.39, 0.29) is 0 Å². The number of imidazole rings is 1. The van der Waals surface area contributed by atoms with Gasteiger partial charge in [0.1, 0.15) is 17.0 Å². The highest BCUT2D eigenvalue weighted by Gasteiger charge is 2.24. The van der Waals surface area contributed by atoms with Crippen molar-refractivity contribution in [3.8, 4) is 11.3 Å². The summed E-state index contributed by atoms with van der Waals surface area (Å²) in [5.41, 5.74) is 10.5. The monoisotopic (exact) mass is 394 g/mol. The van der Waals surface area contributed by atoms with Gasteiger partial charge in [0.05, 0.1) is 25.6 Å². The van der Waals surface area contributed by atoms with Crippen LogP contribution in [0.15, 0.2) is 18.6 Å². The summed E-state index contributed by atoms with van der Waals surface area (Å²) >= 11 is 0. The first-order valence-corrected chi connectivity index (χ1v) is 10.3. The highest BCUT2D eigenvalue weighted by molar-refractivity contribution is 5.88. The minimum absolute atomic E-state index is 0.357. The Labute approximate surface area is 169 Å². The number of ether oxygens (including phenoxy) is 1. The van der Waals surface area contributed by atoms with Gasteiger partial charge >= 0.3 is 0 Å². The number of morpholine rings is 1. The third kappa shape index (κ3) is 3.30. The van der Waals surface area contributed by atoms with E-state index in [0.717, 1.165) is 73.0 Å². The summed E-state index contributed by atoms with van der Waals surface area (Å²) in [5, 5.41) is 3.43. The molecule has 5 heterocycles. The Balaban J connectivity index is 1.68. The Morgan fingerprint density at radius 3 is 2.86 bits per heavy atom. The van der Waals surface area contributed by atoms with Gasteiger partial charge < -0.3 is 25.3 Å². The molecule has 3 aromatic rings. The lowest BCUT2D eigenvalue weighted by molar-refractivity contribution is 0.122. The quantitative estimate of drug-likeness (QED) is 0.684. The van der Waals surface area contributed by atoms with E-state index in [1.54, 1.807) is 6.20 Å². The first-order chi connectivity index (χ1) is 14.2. The molecule has 5 rings (SSSR count). The van der Waals surface area contributed by atoms with E-state index in [1.807, 2.05) is 6.33 Å². The second kappa shape index (κ2) is 7.57. The van der Waals surface area contributed by atoms with Crippen LogP contribution in [-0.4, -0.2) is 63.9 Å². The van der Waals surface area contributed by atoms with Gasteiger partial charge in [0.2, 0.25) is 5.95 Å². The molecule has 29 heavy (non-hydrogen) atoms. The molecule has 9 heteroatoms. The van der Waals surface area contributed by atoms with Crippen molar-refractivity contribution < 1.29 is 4.74 Å². The molecule has 2 fully saturated rings. The predicted octanol–water partition coefficient (Wildman–Crippen LogP) is 1.40. The fraction of sp³-hybridized carbons (Fsp3) is 0.500. The Morgan fingerprint density at radius 2 is 2.10 bits per heavy atom. The van der Waals surface area contributed by atoms with Gasteiger partial charge in [-0.25, -0.2) is 15.0 Å². The molecule has 0 saturated carbocycles. The summed E-state index contributed by atoms with van der Waals surface area (Å²) in [4.78, 5) is 21.2. The molecule has 2 aliphatic heterocycles. The topological polar surface area (TPSA) is 107 Å². The summed E-state index contributed by atoms with van der Waals surface area (Å²) in [5.74, 6) is 1.29. The second-order valence-corrected chi connectivity index (χ2v) is 7.56. The van der Waals surface area contributed by atoms with Gasteiger partial charge in [0.25, 0.3) is 0 Å². The minimum Gasteiger partial charge on any atom is -0.383 e. The summed E-state index contributed by atoms with van der Waals surface area (Å²) in [6.45, 7) is 6.96. The molecule has 1 atom stereocenters. The molecule has 2 aliphatic rings. The molecule has 152 valence electrons. The number of aryl methyl sites for hydroxylation is 1. The smallest absolute Gasteiger partial charge is 0.228 e. The van der Waals surface area contributed by atoms with Crippen LogP contribution in [0.3, 0.4) is 0 Å². The third-order valence-electron chi connectivity index (χ3n) is 5.79. The molecule has 3 aromatic heterocycles. The van der Waals surface area contributed by atoms with Crippen molar-refractivity contribution in [1.82, 2.24) is 29.8 Å². The molecule has 0 amide bonds. The average molecular weight is 394 g/mol. The van der Waals surface area contributed by atoms with Crippen LogP contribution in [-0.2, 0) is 11.2 Å². The summed E-state index contributed by atoms with van der Waals surface area (Å²) in [6.07, 6.45) is 5.57. The second-order valence-electron chi connectivity index (χ2n) is 7.56. The maximum atomic E-state index is 6.03. The zero-order chi connectivity index (χ0) is 19.8. The van der Waals surface area contributed by atoms with Gasteiger partial charge in [0, 0.05) is 31.4 Å². The van der Waals surface area contributed by atoms with Crippen LogP contribution in [0.1, 0.15) is 24.9 Å². The number of nitrogens with two attached hydrogens (primary N) is 1. The highest BCUT2D eigenvalue weighted by Crippen LogP contribution is 2.31. The van der Waals surface area contributed by atoms with Gasteiger partial charge in [0.15, 0.2) is 5.65 Å². The normalized spacial score (nSPS) is 19.9. The lowest BCUT2D eigenvalue weighted by Gasteiger charge is -2.27. The molecule has 0 radical (unpaired) electrons. The Hall–Kier alpha value is -2.78. The van der Waals surface area contributed by atoms with Crippen LogP contribution in [0.4, 0.5) is 11.8 Å². The minimum atomic E-state index is 0.357. The van der Waals surface area contributed by atoms with Crippen LogP contribution in [0.2, 0.25) is 0 Å². The van der Waals surface area contributed by atoms with E-state index in [2.05, 4.69) is 32.8 Å². The van der Waals surface area contributed by atoms with E-state index in [9.17, 15) is 0 Å². The zero-order valence-electron chi connectivity index (χ0n) is 16.6. The van der Waals surface area contributed by atoms with Gasteiger partial charge in [-0.1, -0.05) is 6.92 Å². The van der Waals surface area contributed by atoms with Crippen molar-refractivity contribution in [1.29, 1.82) is 0 Å². The Morgan fingerprint density at radius 1 is 1.24 bits per heavy atom. The maximum absolute atomic E-state index is 6.03. The van der Waals surface area contributed by atoms with E-state index >= 15 is 0 Å². The van der Waals surface area contributed by atoms with Crippen LogP contribution in [0.5, 0.6) is 0 Å². The highest BCUT2D eigenvalue weighted by atomic mass is 16.5. The van der Waals surface area contributed by atoms with E-state index in [0.29, 0.717) is 25.1 Å². The summed E-state index contributed by atoms with van der Waals surface area (Å²) < 4.78 is 7.70. The summed E-state index contributed by atoms with van der Waals surface area (Å²) in [7, 11) is 0. The number of hydrogen-bond acceptors (Lipinski definition) is 8. The fourth-order valence-electron chi connectivity index (χ4n) is 4.09. The molecule has 3 N–H and O–H groups in total. The van der Waals surface area contributed by atoms with Gasteiger partial charge in [-0.15, -0.1) is 0 Å². The molecule has 0 spiro atoms. The largest absolute Gasteiger partial charge is 0.383 e. The molecule has 0 aromatic carbocycles. The van der Waals surface area contributed by atoms with Crippen molar-refractivity contribution in [2.24, 2.45) is 0 Å². The van der Waals surface area contributed by atoms with Gasteiger partial charge in [-0.2, -0.15) is 4.98 Å². The predicted molar refractivity (Wildman–Crippen MR) is 112 cm³/mol. The van der Waals surface area contributed by atoms with E-state index < -0.39 is 0 Å². The zero-order valence-corrected chi connectivity index (χ0v) is 16.6. The number of rotatable bonds is 4. The number of hydrogen-bond donors (Lipinski definition) is 2. The molecule has 9 nitrogen and oxygen atoms in total. The number of aromatic nitrogens is 5. The lowest BCUT2D eigenvalue weighted by Crippen LogP contribution is -2.37. The number of nitrogens with zero attached hydrogens (tertiary/aromatic N) is 6. The number of fused-ring (bicyclic) bond motifs is 1. The fourth-order valence-corrected chi connectivity index (χ4v) is 4.09. The molecule has 2 saturated heterocycles. The Kier molecular flexibility index (Phi) is 4.76. The first kappa shape index (κ1) is 18.3. The molecule has 0 bridgehead atoms. The van der Waals surface area contributed by atoms with Crippen LogP contribution >= 0.6 is 0 Å². The van der Waals surface area contributed by atoms with Crippen molar-refractivity contribution in [2.75, 3.05) is 50.0 Å². The van der Waals surface area contributed by atoms with Crippen LogP contribution in [0, 0.1) is 0 Å². The number of nitrogens with one attached hydrogen (secondary N) is 1. The SMILES string of the molecule is CCc1cc(-c2nc(N3CCOCC3)nc3c2ncn3C2CCNC2)cnc1N. The molecular weight excluding hydrogens is 368 g/mol. The van der Waals surface area contributed by atoms with Gasteiger partial charge in [-0.05, 0) is 31.0 Å². The van der Waals surface area contributed by atoms with Crippen LogP contribution < -0.4 is 16.0 Å². The molecular formula is C20H26N8O. The Bertz CT molecular complexity index is 1020. The number of pyridine rings is 1. The average Bonchev–Trinajstić information content (AvgIpc) is 3.43. The van der Waals surface area contributed by atoms with Crippen molar-refractivity contribution in [3.63, 3.8) is 0 Å². The van der Waals surface area contributed by atoms with Gasteiger partial charge in [-0.3, -0.25) is 0 Å². The molecule has 1 unspecified atom stereocenters. The van der Waals surface area contributed by atoms with Crippen molar-refractivity contribution in [2.45, 2.75) is 25.8 Å². The lowest BCUT2D eigenvalue weighted by atomic mass is 10.1. The van der Waals surface area contributed by atoms with E-state index in [1.165, 1.54) is 0 Å². The third-order valence-corrected chi connectivity index (χ3v) is 5.79. The maximum Gasteiger partial charge on any atom is 0.228 e. The number of anilines is 2. The first-order valence-electron chi connectivity index (χ1n) is 10.3. The standard InChI is InChI=1S/C20H26N8O/c1-2-13-9-14(10-23-18(13)21)16-17-19(28(12-24-17)15-3-4-22-11-15)26-20(25-16)27-5-7-29-8-6-27/h9-10,12,15,22H,2-8,11H2,1H3,(H2,21,23).